The first-order valence-electron chi connectivity index (χ1n) is 8.91. The molecule has 2 aromatic carbocycles. The van der Waals surface area contributed by atoms with Crippen LogP contribution in [0.2, 0.25) is 0 Å². The topological polar surface area (TPSA) is 62.2 Å². The monoisotopic (exact) mass is 448 g/mol. The van der Waals surface area contributed by atoms with E-state index in [0.29, 0.717) is 4.88 Å². The fraction of sp³-hybridized carbons (Fsp3) is 0.143. The van der Waals surface area contributed by atoms with Gasteiger partial charge in [0.25, 0.3) is 5.91 Å². The summed E-state index contributed by atoms with van der Waals surface area (Å²) < 4.78 is 40.4. The van der Waals surface area contributed by atoms with Gasteiger partial charge in [-0.1, -0.05) is 30.3 Å². The Balaban J connectivity index is 1.45. The standard InChI is InChI=1S/C21H15F3N2O2S2/c22-21(23,24)13-6-2-1-5-12(13)15(27)11-25-19(28)17-9-10-18(29-17)20-26-14-7-3-4-8-16(14)30-20/h1-10,15,27H,11H2,(H,25,28). The fourth-order valence-electron chi connectivity index (χ4n) is 2.98. The summed E-state index contributed by atoms with van der Waals surface area (Å²) in [6.45, 7) is -0.333. The third-order valence-electron chi connectivity index (χ3n) is 4.42. The Kier molecular flexibility index (Phi) is 5.59. The van der Waals surface area contributed by atoms with Crippen molar-refractivity contribution in [2.24, 2.45) is 0 Å². The fourth-order valence-corrected chi connectivity index (χ4v) is 4.93. The maximum atomic E-state index is 13.1. The lowest BCUT2D eigenvalue weighted by atomic mass is 10.0. The van der Waals surface area contributed by atoms with Crippen molar-refractivity contribution in [3.8, 4) is 9.88 Å². The average Bonchev–Trinajstić information content (AvgIpc) is 3.38. The zero-order chi connectivity index (χ0) is 21.3. The van der Waals surface area contributed by atoms with E-state index in [-0.39, 0.29) is 12.1 Å². The van der Waals surface area contributed by atoms with Crippen molar-refractivity contribution in [1.82, 2.24) is 10.3 Å². The van der Waals surface area contributed by atoms with Crippen LogP contribution in [-0.4, -0.2) is 22.5 Å². The molecule has 9 heteroatoms. The number of amides is 1. The number of hydrogen-bond acceptors (Lipinski definition) is 5. The Hall–Kier alpha value is -2.75. The van der Waals surface area contributed by atoms with Crippen LogP contribution in [0.5, 0.6) is 0 Å². The smallest absolute Gasteiger partial charge is 0.387 e. The maximum Gasteiger partial charge on any atom is 0.416 e. The van der Waals surface area contributed by atoms with Gasteiger partial charge >= 0.3 is 6.18 Å². The Morgan fingerprint density at radius 3 is 2.53 bits per heavy atom. The van der Waals surface area contributed by atoms with Gasteiger partial charge in [-0.2, -0.15) is 13.2 Å². The molecule has 2 heterocycles. The van der Waals surface area contributed by atoms with Crippen molar-refractivity contribution in [3.05, 3.63) is 76.7 Å². The van der Waals surface area contributed by atoms with Crippen molar-refractivity contribution in [1.29, 1.82) is 0 Å². The predicted octanol–water partition coefficient (Wildman–Crippen LogP) is 5.51. The number of alkyl halides is 3. The number of aliphatic hydroxyl groups excluding tert-OH is 1. The number of aliphatic hydroxyl groups is 1. The summed E-state index contributed by atoms with van der Waals surface area (Å²) in [4.78, 5) is 18.2. The summed E-state index contributed by atoms with van der Waals surface area (Å²) in [6.07, 6.45) is -6.06. The molecule has 0 radical (unpaired) electrons. The van der Waals surface area contributed by atoms with E-state index in [9.17, 15) is 23.1 Å². The van der Waals surface area contributed by atoms with E-state index >= 15 is 0 Å². The number of carbonyl (C=O) groups excluding carboxylic acids is 1. The van der Waals surface area contributed by atoms with Gasteiger partial charge in [0.2, 0.25) is 0 Å². The molecule has 4 aromatic rings. The van der Waals surface area contributed by atoms with Crippen LogP contribution in [0.1, 0.15) is 26.9 Å². The first-order chi connectivity index (χ1) is 14.3. The van der Waals surface area contributed by atoms with Gasteiger partial charge < -0.3 is 10.4 Å². The van der Waals surface area contributed by atoms with Gasteiger partial charge in [-0.15, -0.1) is 22.7 Å². The van der Waals surface area contributed by atoms with Crippen LogP contribution >= 0.6 is 22.7 Å². The first kappa shape index (κ1) is 20.5. The molecule has 0 aliphatic rings. The molecule has 0 aliphatic carbocycles. The maximum absolute atomic E-state index is 13.1. The molecule has 1 amide bonds. The highest BCUT2D eigenvalue weighted by atomic mass is 32.1. The molecule has 2 aromatic heterocycles. The van der Waals surface area contributed by atoms with Gasteiger partial charge in [0.1, 0.15) is 5.01 Å². The van der Waals surface area contributed by atoms with Crippen LogP contribution in [0.25, 0.3) is 20.1 Å². The molecular weight excluding hydrogens is 433 g/mol. The third kappa shape index (κ3) is 4.23. The number of hydrogen-bond donors (Lipinski definition) is 2. The number of nitrogens with zero attached hydrogens (tertiary/aromatic N) is 1. The van der Waals surface area contributed by atoms with Crippen LogP contribution in [0.4, 0.5) is 13.2 Å². The van der Waals surface area contributed by atoms with Crippen LogP contribution in [0.15, 0.2) is 60.7 Å². The van der Waals surface area contributed by atoms with E-state index < -0.39 is 23.8 Å². The number of carbonyl (C=O) groups is 1. The molecule has 154 valence electrons. The molecule has 4 rings (SSSR count). The summed E-state index contributed by atoms with van der Waals surface area (Å²) in [5.41, 5.74) is -0.309. The largest absolute Gasteiger partial charge is 0.416 e. The van der Waals surface area contributed by atoms with Crippen LogP contribution in [0.3, 0.4) is 0 Å². The van der Waals surface area contributed by atoms with E-state index in [0.717, 1.165) is 26.2 Å². The van der Waals surface area contributed by atoms with Gasteiger partial charge in [-0.3, -0.25) is 4.79 Å². The Bertz CT molecular complexity index is 1170. The molecule has 0 aliphatic heterocycles. The van der Waals surface area contributed by atoms with Crippen LogP contribution < -0.4 is 5.32 Å². The van der Waals surface area contributed by atoms with E-state index in [1.807, 2.05) is 24.3 Å². The van der Waals surface area contributed by atoms with Crippen molar-refractivity contribution >= 4 is 38.8 Å². The van der Waals surface area contributed by atoms with E-state index in [4.69, 9.17) is 0 Å². The third-order valence-corrected chi connectivity index (χ3v) is 6.71. The number of benzene rings is 2. The van der Waals surface area contributed by atoms with Gasteiger partial charge in [0, 0.05) is 6.54 Å². The molecule has 1 unspecified atom stereocenters. The summed E-state index contributed by atoms with van der Waals surface area (Å²) >= 11 is 2.75. The van der Waals surface area contributed by atoms with E-state index in [1.165, 1.54) is 40.9 Å². The molecule has 0 saturated carbocycles. The quantitative estimate of drug-likeness (QED) is 0.423. The number of rotatable bonds is 5. The zero-order valence-electron chi connectivity index (χ0n) is 15.3. The number of thiazole rings is 1. The summed E-state index contributed by atoms with van der Waals surface area (Å²) in [7, 11) is 0. The first-order valence-corrected chi connectivity index (χ1v) is 10.5. The Morgan fingerprint density at radius 1 is 1.03 bits per heavy atom. The summed E-state index contributed by atoms with van der Waals surface area (Å²) in [5.74, 6) is -0.462. The lowest BCUT2D eigenvalue weighted by Gasteiger charge is -2.17. The molecule has 0 bridgehead atoms. The number of halogens is 3. The molecule has 1 atom stereocenters. The summed E-state index contributed by atoms with van der Waals surface area (Å²) in [6, 6.07) is 15.9. The lowest BCUT2D eigenvalue weighted by Crippen LogP contribution is -2.28. The minimum Gasteiger partial charge on any atom is -0.387 e. The van der Waals surface area contributed by atoms with Crippen LogP contribution in [-0.2, 0) is 6.18 Å². The van der Waals surface area contributed by atoms with Gasteiger partial charge in [0.15, 0.2) is 0 Å². The number of thiophene rings is 1. The molecular formula is C21H15F3N2O2S2. The number of fused-ring (bicyclic) bond motifs is 1. The van der Waals surface area contributed by atoms with Crippen molar-refractivity contribution < 1.29 is 23.1 Å². The number of para-hydroxylation sites is 1. The van der Waals surface area contributed by atoms with Gasteiger partial charge in [0.05, 0.1) is 31.6 Å². The van der Waals surface area contributed by atoms with Crippen molar-refractivity contribution in [2.75, 3.05) is 6.54 Å². The molecule has 30 heavy (non-hydrogen) atoms. The van der Waals surface area contributed by atoms with Crippen molar-refractivity contribution in [3.63, 3.8) is 0 Å². The average molecular weight is 448 g/mol. The van der Waals surface area contributed by atoms with Crippen molar-refractivity contribution in [2.45, 2.75) is 12.3 Å². The number of aromatic nitrogens is 1. The predicted molar refractivity (Wildman–Crippen MR) is 112 cm³/mol. The minimum atomic E-state index is -4.58. The van der Waals surface area contributed by atoms with E-state index in [2.05, 4.69) is 10.3 Å². The van der Waals surface area contributed by atoms with Crippen LogP contribution in [0, 0.1) is 0 Å². The highest BCUT2D eigenvalue weighted by Crippen LogP contribution is 2.35. The second-order valence-corrected chi connectivity index (χ2v) is 8.58. The Labute approximate surface area is 177 Å². The molecule has 0 spiro atoms. The molecule has 0 saturated heterocycles. The van der Waals surface area contributed by atoms with Gasteiger partial charge in [-0.05, 0) is 35.9 Å². The van der Waals surface area contributed by atoms with Gasteiger partial charge in [-0.25, -0.2) is 4.98 Å². The highest BCUT2D eigenvalue weighted by molar-refractivity contribution is 7.26. The molecule has 4 nitrogen and oxygen atoms in total. The van der Waals surface area contributed by atoms with E-state index in [1.54, 1.807) is 12.1 Å². The second-order valence-electron chi connectivity index (χ2n) is 6.46. The lowest BCUT2D eigenvalue weighted by molar-refractivity contribution is -0.139. The highest BCUT2D eigenvalue weighted by Gasteiger charge is 2.34. The summed E-state index contributed by atoms with van der Waals surface area (Å²) in [5, 5.41) is 13.5. The number of nitrogens with one attached hydrogen (secondary N) is 1. The molecule has 0 fully saturated rings. The second kappa shape index (κ2) is 8.17. The normalized spacial score (nSPS) is 12.8. The zero-order valence-corrected chi connectivity index (χ0v) is 16.9. The minimum absolute atomic E-state index is 0.272. The molecule has 2 N–H and O–H groups in total. The SMILES string of the molecule is O=C(NCC(O)c1ccccc1C(F)(F)F)c1ccc(-c2nc3ccccc3s2)s1. The Morgan fingerprint density at radius 2 is 1.77 bits per heavy atom.